The summed E-state index contributed by atoms with van der Waals surface area (Å²) in [5.74, 6) is 0.460. The number of rotatable bonds is 4. The van der Waals surface area contributed by atoms with Gasteiger partial charge < -0.3 is 5.32 Å². The van der Waals surface area contributed by atoms with E-state index in [-0.39, 0.29) is 28.1 Å². The van der Waals surface area contributed by atoms with Crippen molar-refractivity contribution in [3.05, 3.63) is 69.9 Å². The van der Waals surface area contributed by atoms with E-state index in [1.807, 2.05) is 21.6 Å². The molecule has 0 unspecified atom stereocenters. The van der Waals surface area contributed by atoms with Gasteiger partial charge in [-0.1, -0.05) is 26.8 Å². The van der Waals surface area contributed by atoms with Crippen LogP contribution in [-0.4, -0.2) is 24.3 Å². The summed E-state index contributed by atoms with van der Waals surface area (Å²) < 4.78 is 3.80. The highest BCUT2D eigenvalue weighted by atomic mass is 16.1. The van der Waals surface area contributed by atoms with Crippen molar-refractivity contribution in [1.82, 2.24) is 29.6 Å². The van der Waals surface area contributed by atoms with Crippen LogP contribution in [0.2, 0.25) is 0 Å². The highest BCUT2D eigenvalue weighted by Gasteiger charge is 2.41. The lowest BCUT2D eigenvalue weighted by Crippen LogP contribution is -2.39. The lowest BCUT2D eigenvalue weighted by molar-refractivity contribution is 0.319. The SMILES string of the molecule is CC(C)(C)c1cc(-n2c3nc(Nc4ccc5c(c4)C(C)(C)NC5(C)C)ncc3c(=O)n2C2CC2)ccn1. The molecule has 1 saturated carbocycles. The first-order chi connectivity index (χ1) is 17.3. The van der Waals surface area contributed by atoms with E-state index in [1.54, 1.807) is 6.20 Å². The summed E-state index contributed by atoms with van der Waals surface area (Å²) in [5, 5.41) is 7.62. The van der Waals surface area contributed by atoms with Crippen molar-refractivity contribution in [2.75, 3.05) is 5.32 Å². The van der Waals surface area contributed by atoms with E-state index in [1.165, 1.54) is 11.1 Å². The number of anilines is 2. The fourth-order valence-corrected chi connectivity index (χ4v) is 5.65. The van der Waals surface area contributed by atoms with Crippen molar-refractivity contribution in [2.45, 2.75) is 83.8 Å². The number of fused-ring (bicyclic) bond motifs is 2. The predicted molar refractivity (Wildman–Crippen MR) is 147 cm³/mol. The molecule has 6 rings (SSSR count). The van der Waals surface area contributed by atoms with Crippen molar-refractivity contribution < 1.29 is 0 Å². The summed E-state index contributed by atoms with van der Waals surface area (Å²) in [5.41, 5.74) is 5.52. The summed E-state index contributed by atoms with van der Waals surface area (Å²) in [6, 6.07) is 10.6. The Kier molecular flexibility index (Phi) is 4.99. The minimum absolute atomic E-state index is 0.0502. The topological polar surface area (TPSA) is 89.7 Å². The summed E-state index contributed by atoms with van der Waals surface area (Å²) in [4.78, 5) is 27.4. The van der Waals surface area contributed by atoms with Gasteiger partial charge in [0.2, 0.25) is 5.95 Å². The molecule has 4 heterocycles. The summed E-state index contributed by atoms with van der Waals surface area (Å²) >= 11 is 0. The van der Waals surface area contributed by atoms with Crippen LogP contribution in [0, 0.1) is 0 Å². The van der Waals surface area contributed by atoms with Crippen LogP contribution in [-0.2, 0) is 16.5 Å². The van der Waals surface area contributed by atoms with Crippen LogP contribution >= 0.6 is 0 Å². The first-order valence-corrected chi connectivity index (χ1v) is 13.0. The lowest BCUT2D eigenvalue weighted by atomic mass is 9.90. The van der Waals surface area contributed by atoms with Crippen molar-refractivity contribution in [2.24, 2.45) is 0 Å². The second-order valence-electron chi connectivity index (χ2n) is 12.5. The van der Waals surface area contributed by atoms with Crippen molar-refractivity contribution in [3.63, 3.8) is 0 Å². The molecule has 0 radical (unpaired) electrons. The molecule has 192 valence electrons. The smallest absolute Gasteiger partial charge is 0.278 e. The third kappa shape index (κ3) is 3.94. The molecule has 8 heteroatoms. The maximum Gasteiger partial charge on any atom is 0.278 e. The Hall–Kier alpha value is -3.52. The van der Waals surface area contributed by atoms with Gasteiger partial charge in [0.05, 0.1) is 11.7 Å². The third-order valence-electron chi connectivity index (χ3n) is 7.52. The van der Waals surface area contributed by atoms with E-state index in [4.69, 9.17) is 4.98 Å². The zero-order valence-electron chi connectivity index (χ0n) is 22.7. The first kappa shape index (κ1) is 23.9. The van der Waals surface area contributed by atoms with Gasteiger partial charge in [-0.3, -0.25) is 15.1 Å². The van der Waals surface area contributed by atoms with E-state index >= 15 is 0 Å². The molecular weight excluding hydrogens is 462 g/mol. The monoisotopic (exact) mass is 497 g/mol. The maximum atomic E-state index is 13.4. The van der Waals surface area contributed by atoms with Crippen molar-refractivity contribution >= 4 is 22.7 Å². The van der Waals surface area contributed by atoms with Gasteiger partial charge in [-0.2, -0.15) is 4.98 Å². The Morgan fingerprint density at radius 3 is 2.43 bits per heavy atom. The normalized spacial score (nSPS) is 18.2. The molecule has 1 aliphatic heterocycles. The van der Waals surface area contributed by atoms with Gasteiger partial charge in [0, 0.05) is 40.3 Å². The molecule has 0 bridgehead atoms. The molecule has 2 N–H and O–H groups in total. The van der Waals surface area contributed by atoms with Crippen LogP contribution in [0.4, 0.5) is 11.6 Å². The fourth-order valence-electron chi connectivity index (χ4n) is 5.65. The van der Waals surface area contributed by atoms with E-state index in [0.717, 1.165) is 29.9 Å². The van der Waals surface area contributed by atoms with E-state index in [0.29, 0.717) is 17.0 Å². The molecule has 4 aromatic rings. The minimum Gasteiger partial charge on any atom is -0.324 e. The fraction of sp³-hybridized carbons (Fsp3) is 0.448. The van der Waals surface area contributed by atoms with E-state index in [9.17, 15) is 4.79 Å². The molecule has 0 amide bonds. The number of pyridine rings is 1. The quantitative estimate of drug-likeness (QED) is 0.391. The van der Waals surface area contributed by atoms with E-state index in [2.05, 4.69) is 93.3 Å². The Bertz CT molecular complexity index is 1600. The minimum atomic E-state index is -0.143. The van der Waals surface area contributed by atoms with Crippen LogP contribution in [0.25, 0.3) is 16.7 Å². The molecule has 1 aliphatic carbocycles. The van der Waals surface area contributed by atoms with Crippen molar-refractivity contribution in [3.8, 4) is 5.69 Å². The highest BCUT2D eigenvalue weighted by Crippen LogP contribution is 2.42. The molecule has 0 spiro atoms. The average Bonchev–Trinajstić information content (AvgIpc) is 3.58. The average molecular weight is 498 g/mol. The Morgan fingerprint density at radius 1 is 1.00 bits per heavy atom. The number of nitrogens with one attached hydrogen (secondary N) is 2. The maximum absolute atomic E-state index is 13.4. The first-order valence-electron chi connectivity index (χ1n) is 13.0. The van der Waals surface area contributed by atoms with E-state index < -0.39 is 0 Å². The van der Waals surface area contributed by atoms with Crippen LogP contribution < -0.4 is 16.2 Å². The number of hydrogen-bond acceptors (Lipinski definition) is 6. The number of benzene rings is 1. The molecule has 8 nitrogen and oxygen atoms in total. The van der Waals surface area contributed by atoms with Crippen LogP contribution in [0.1, 0.15) is 84.2 Å². The van der Waals surface area contributed by atoms with Crippen LogP contribution in [0.3, 0.4) is 0 Å². The number of nitrogens with zero attached hydrogens (tertiary/aromatic N) is 5. The second kappa shape index (κ2) is 7.74. The third-order valence-corrected chi connectivity index (χ3v) is 7.52. The summed E-state index contributed by atoms with van der Waals surface area (Å²) in [6.07, 6.45) is 5.43. The van der Waals surface area contributed by atoms with Gasteiger partial charge in [-0.15, -0.1) is 0 Å². The van der Waals surface area contributed by atoms with Crippen molar-refractivity contribution in [1.29, 1.82) is 0 Å². The van der Waals surface area contributed by atoms with Crippen LogP contribution in [0.5, 0.6) is 0 Å². The molecular formula is C29H35N7O. The molecule has 0 saturated heterocycles. The molecule has 1 fully saturated rings. The number of aromatic nitrogens is 5. The molecule has 2 aliphatic rings. The zero-order valence-corrected chi connectivity index (χ0v) is 22.7. The largest absolute Gasteiger partial charge is 0.324 e. The van der Waals surface area contributed by atoms with Crippen LogP contribution in [0.15, 0.2) is 47.5 Å². The standard InChI is InChI=1S/C29H35N7O/c1-27(2,3)23-15-19(12-13-30-23)35-24-20(25(37)36(35)18-9-10-18)16-31-26(33-24)32-17-8-11-21-22(14-17)29(6,7)34-28(21,4)5/h8,11-16,18,34H,9-10H2,1-7H3,(H,31,32,33). The van der Waals surface area contributed by atoms with Gasteiger partial charge >= 0.3 is 0 Å². The second-order valence-corrected chi connectivity index (χ2v) is 12.5. The molecule has 3 aromatic heterocycles. The van der Waals surface area contributed by atoms with Gasteiger partial charge in [-0.25, -0.2) is 14.3 Å². The number of hydrogen-bond donors (Lipinski definition) is 2. The van der Waals surface area contributed by atoms with Gasteiger partial charge in [-0.05, 0) is 75.9 Å². The summed E-state index contributed by atoms with van der Waals surface area (Å²) in [6.45, 7) is 15.2. The van der Waals surface area contributed by atoms with Gasteiger partial charge in [0.25, 0.3) is 5.56 Å². The Labute approximate surface area is 217 Å². The summed E-state index contributed by atoms with van der Waals surface area (Å²) in [7, 11) is 0. The lowest BCUT2D eigenvalue weighted by Gasteiger charge is -2.25. The predicted octanol–water partition coefficient (Wildman–Crippen LogP) is 5.43. The molecule has 1 aromatic carbocycles. The molecule has 37 heavy (non-hydrogen) atoms. The highest BCUT2D eigenvalue weighted by molar-refractivity contribution is 5.77. The Balaban J connectivity index is 1.46. The van der Waals surface area contributed by atoms with Gasteiger partial charge in [0.1, 0.15) is 5.39 Å². The zero-order chi connectivity index (χ0) is 26.3. The molecule has 0 atom stereocenters. The van der Waals surface area contributed by atoms with Gasteiger partial charge in [0.15, 0.2) is 5.65 Å². The Morgan fingerprint density at radius 2 is 1.73 bits per heavy atom.